The van der Waals surface area contributed by atoms with Crippen molar-refractivity contribution in [3.8, 4) is 0 Å². The zero-order chi connectivity index (χ0) is 12.7. The number of anilines is 1. The Morgan fingerprint density at radius 2 is 2.00 bits per heavy atom. The lowest BCUT2D eigenvalue weighted by atomic mass is 10.3. The highest BCUT2D eigenvalue weighted by atomic mass is 35.5. The summed E-state index contributed by atoms with van der Waals surface area (Å²) in [5.74, 6) is -0.562. The fourth-order valence-electron chi connectivity index (χ4n) is 1.76. The Hall–Kier alpha value is -2.34. The van der Waals surface area contributed by atoms with Gasteiger partial charge < -0.3 is 0 Å². The number of hydrogen-bond donors (Lipinski definition) is 0. The molecule has 0 bridgehead atoms. The van der Waals surface area contributed by atoms with Gasteiger partial charge in [-0.25, -0.2) is 24.5 Å². The van der Waals surface area contributed by atoms with Crippen LogP contribution in [0.5, 0.6) is 0 Å². The molecule has 3 rings (SSSR count). The quantitative estimate of drug-likeness (QED) is 0.687. The highest BCUT2D eigenvalue weighted by Gasteiger charge is 2.50. The molecule has 0 unspecified atom stereocenters. The second-order valence-corrected chi connectivity index (χ2v) is 4.09. The fraction of sp³-hybridized carbons (Fsp3) is 0. The summed E-state index contributed by atoms with van der Waals surface area (Å²) < 4.78 is 0. The third-order valence-electron chi connectivity index (χ3n) is 2.56. The summed E-state index contributed by atoms with van der Waals surface area (Å²) in [4.78, 5) is 34.6. The Morgan fingerprint density at radius 3 is 2.67 bits per heavy atom. The summed E-state index contributed by atoms with van der Waals surface area (Å²) >= 11 is 5.74. The smallest absolute Gasteiger partial charge is 0.245 e. The highest BCUT2D eigenvalue weighted by molar-refractivity contribution is 6.32. The maximum atomic E-state index is 12.1. The van der Waals surface area contributed by atoms with Crippen LogP contribution in [0.4, 0.5) is 5.82 Å². The van der Waals surface area contributed by atoms with Crippen molar-refractivity contribution >= 4 is 29.2 Å². The van der Waals surface area contributed by atoms with Gasteiger partial charge in [-0.3, -0.25) is 0 Å². The molecule has 1 aliphatic heterocycles. The minimum atomic E-state index is -0.467. The number of imide groups is 1. The summed E-state index contributed by atoms with van der Waals surface area (Å²) in [7, 11) is 0. The van der Waals surface area contributed by atoms with Crippen molar-refractivity contribution in [2.24, 2.45) is 0 Å². The molecule has 7 heteroatoms. The molecule has 0 spiro atoms. The molecule has 0 atom stereocenters. The minimum Gasteiger partial charge on any atom is -0.245 e. The van der Waals surface area contributed by atoms with Gasteiger partial charge in [-0.05, 0) is 6.07 Å². The van der Waals surface area contributed by atoms with Crippen LogP contribution in [0.3, 0.4) is 0 Å². The van der Waals surface area contributed by atoms with Crippen LogP contribution in [0.2, 0.25) is 5.02 Å². The van der Waals surface area contributed by atoms with E-state index in [-0.39, 0.29) is 11.4 Å². The number of pyridine rings is 1. The number of aromatic nitrogens is 3. The van der Waals surface area contributed by atoms with Crippen molar-refractivity contribution in [1.82, 2.24) is 4.98 Å². The zero-order valence-corrected chi connectivity index (χ0v) is 9.73. The van der Waals surface area contributed by atoms with Crippen LogP contribution in [-0.2, 0) is 0 Å². The van der Waals surface area contributed by atoms with Gasteiger partial charge in [0.2, 0.25) is 5.69 Å². The Labute approximate surface area is 106 Å². The SMILES string of the molecule is O=C1c2ncc[nH+]c2C(=O)N1c1ccc(Cl)c[nH+]1. The first-order valence-electron chi connectivity index (χ1n) is 5.11. The molecule has 1 aliphatic rings. The first-order valence-corrected chi connectivity index (χ1v) is 5.49. The third kappa shape index (κ3) is 1.46. The van der Waals surface area contributed by atoms with E-state index in [2.05, 4.69) is 15.0 Å². The number of rotatable bonds is 1. The van der Waals surface area contributed by atoms with Crippen molar-refractivity contribution in [2.75, 3.05) is 4.90 Å². The van der Waals surface area contributed by atoms with E-state index in [4.69, 9.17) is 11.6 Å². The lowest BCUT2D eigenvalue weighted by Gasteiger charge is -2.01. The Bertz CT molecular complexity index is 621. The maximum absolute atomic E-state index is 12.1. The van der Waals surface area contributed by atoms with E-state index in [1.54, 1.807) is 12.1 Å². The molecule has 0 aromatic carbocycles. The van der Waals surface area contributed by atoms with Crippen molar-refractivity contribution in [2.45, 2.75) is 0 Å². The maximum Gasteiger partial charge on any atom is 0.416 e. The largest absolute Gasteiger partial charge is 0.416 e. The van der Waals surface area contributed by atoms with Gasteiger partial charge in [0, 0.05) is 6.07 Å². The van der Waals surface area contributed by atoms with Crippen LogP contribution in [0.25, 0.3) is 0 Å². The van der Waals surface area contributed by atoms with Crippen molar-refractivity contribution in [1.29, 1.82) is 0 Å². The summed E-state index contributed by atoms with van der Waals surface area (Å²) in [6, 6.07) is 3.15. The summed E-state index contributed by atoms with van der Waals surface area (Å²) in [5, 5.41) is 0.486. The number of amides is 2. The van der Waals surface area contributed by atoms with Crippen LogP contribution >= 0.6 is 11.6 Å². The number of carbonyl (C=O) groups is 2. The molecular formula is C11H7ClN4O2+2. The molecule has 0 saturated carbocycles. The van der Waals surface area contributed by atoms with E-state index in [1.807, 2.05) is 0 Å². The molecule has 0 saturated heterocycles. The van der Waals surface area contributed by atoms with Crippen LogP contribution in [0, 0.1) is 0 Å². The number of fused-ring (bicyclic) bond motifs is 1. The van der Waals surface area contributed by atoms with Crippen LogP contribution in [-0.4, -0.2) is 16.8 Å². The lowest BCUT2D eigenvalue weighted by molar-refractivity contribution is -0.383. The van der Waals surface area contributed by atoms with Crippen molar-refractivity contribution in [3.05, 3.63) is 47.1 Å². The van der Waals surface area contributed by atoms with Crippen LogP contribution < -0.4 is 14.9 Å². The number of nitrogens with one attached hydrogen (secondary N) is 2. The van der Waals surface area contributed by atoms with Gasteiger partial charge in [0.1, 0.15) is 6.20 Å². The molecular weight excluding hydrogens is 256 g/mol. The number of carbonyl (C=O) groups excluding carboxylic acids is 2. The molecule has 3 heterocycles. The number of aromatic amines is 2. The third-order valence-corrected chi connectivity index (χ3v) is 2.80. The van der Waals surface area contributed by atoms with Gasteiger partial charge in [0.15, 0.2) is 6.20 Å². The fourth-order valence-corrected chi connectivity index (χ4v) is 1.87. The van der Waals surface area contributed by atoms with Gasteiger partial charge in [0.05, 0.1) is 11.2 Å². The molecule has 2 aromatic rings. The minimum absolute atomic E-state index is 0.117. The van der Waals surface area contributed by atoms with Gasteiger partial charge in [-0.2, -0.15) is 0 Å². The monoisotopic (exact) mass is 262 g/mol. The predicted molar refractivity (Wildman–Crippen MR) is 59.9 cm³/mol. The second kappa shape index (κ2) is 3.85. The number of H-pyrrole nitrogens is 2. The molecule has 0 fully saturated rings. The molecule has 6 nitrogen and oxygen atoms in total. The first kappa shape index (κ1) is 10.8. The zero-order valence-electron chi connectivity index (χ0n) is 8.98. The Kier molecular flexibility index (Phi) is 2.31. The van der Waals surface area contributed by atoms with E-state index in [0.29, 0.717) is 10.8 Å². The molecule has 2 N–H and O–H groups in total. The van der Waals surface area contributed by atoms with E-state index < -0.39 is 11.8 Å². The average Bonchev–Trinajstić information content (AvgIpc) is 2.64. The number of halogens is 1. The molecule has 2 amide bonds. The standard InChI is InChI=1S/C11H5ClN4O2/c12-6-1-2-7(15-5-6)16-10(17)8-9(11(16)18)14-4-3-13-8/h1-5H/p+2. The van der Waals surface area contributed by atoms with E-state index in [0.717, 1.165) is 4.90 Å². The topological polar surface area (TPSA) is 78.5 Å². The molecule has 0 radical (unpaired) electrons. The van der Waals surface area contributed by atoms with E-state index in [1.165, 1.54) is 18.6 Å². The van der Waals surface area contributed by atoms with Gasteiger partial charge in [-0.1, -0.05) is 11.6 Å². The van der Waals surface area contributed by atoms with Crippen molar-refractivity contribution < 1.29 is 19.6 Å². The summed E-state index contributed by atoms with van der Waals surface area (Å²) in [5.41, 5.74) is 0.302. The van der Waals surface area contributed by atoms with Crippen molar-refractivity contribution in [3.63, 3.8) is 0 Å². The predicted octanol–water partition coefficient (Wildman–Crippen LogP) is 0.164. The van der Waals surface area contributed by atoms with Gasteiger partial charge >= 0.3 is 17.5 Å². The molecule has 18 heavy (non-hydrogen) atoms. The Balaban J connectivity index is 2.09. The second-order valence-electron chi connectivity index (χ2n) is 3.65. The summed E-state index contributed by atoms with van der Waals surface area (Å²) in [6.45, 7) is 0. The van der Waals surface area contributed by atoms with Crippen LogP contribution in [0.1, 0.15) is 21.0 Å². The highest BCUT2D eigenvalue weighted by Crippen LogP contribution is 2.21. The number of nitrogens with zero attached hydrogens (tertiary/aromatic N) is 2. The van der Waals surface area contributed by atoms with Crippen LogP contribution in [0.15, 0.2) is 30.7 Å². The first-order chi connectivity index (χ1) is 8.68. The Morgan fingerprint density at radius 1 is 1.17 bits per heavy atom. The number of hydrogen-bond acceptors (Lipinski definition) is 3. The van der Waals surface area contributed by atoms with Gasteiger partial charge in [0.25, 0.3) is 5.82 Å². The summed E-state index contributed by atoms with van der Waals surface area (Å²) in [6.07, 6.45) is 4.43. The normalized spacial score (nSPS) is 13.9. The molecule has 88 valence electrons. The van der Waals surface area contributed by atoms with Gasteiger partial charge in [-0.15, -0.1) is 4.90 Å². The lowest BCUT2D eigenvalue weighted by Crippen LogP contribution is -2.35. The average molecular weight is 263 g/mol. The molecule has 0 aliphatic carbocycles. The van der Waals surface area contributed by atoms with E-state index in [9.17, 15) is 9.59 Å². The molecule has 2 aromatic heterocycles. The van der Waals surface area contributed by atoms with E-state index >= 15 is 0 Å².